The number of sulfonamides is 1. The summed E-state index contributed by atoms with van der Waals surface area (Å²) in [7, 11) is -3.71. The van der Waals surface area contributed by atoms with E-state index in [0.29, 0.717) is 31.1 Å². The maximum absolute atomic E-state index is 13.2. The van der Waals surface area contributed by atoms with E-state index in [4.69, 9.17) is 0 Å². The third-order valence-electron chi connectivity index (χ3n) is 5.35. The van der Waals surface area contributed by atoms with Gasteiger partial charge in [-0.3, -0.25) is 14.0 Å². The maximum Gasteiger partial charge on any atom is 0.264 e. The predicted octanol–water partition coefficient (Wildman–Crippen LogP) is 2.90. The van der Waals surface area contributed by atoms with Crippen molar-refractivity contribution in [1.82, 2.24) is 10.2 Å². The lowest BCUT2D eigenvalue weighted by atomic mass is 10.2. The molecule has 7 heteroatoms. The Balaban J connectivity index is 1.73. The van der Waals surface area contributed by atoms with Gasteiger partial charge in [-0.15, -0.1) is 0 Å². The number of carbonyl (C=O) groups is 1. The minimum Gasteiger partial charge on any atom is -0.351 e. The molecule has 0 aromatic heterocycles. The molecule has 0 spiro atoms. The molecule has 1 N–H and O–H groups in total. The number of nitrogens with zero attached hydrogens (tertiary/aromatic N) is 2. The molecule has 0 radical (unpaired) electrons. The van der Waals surface area contributed by atoms with Crippen molar-refractivity contribution in [2.45, 2.75) is 38.1 Å². The third kappa shape index (κ3) is 4.62. The zero-order chi connectivity index (χ0) is 21.0. The summed E-state index contributed by atoms with van der Waals surface area (Å²) in [6, 6.07) is 14.2. The van der Waals surface area contributed by atoms with Gasteiger partial charge in [-0.1, -0.05) is 31.2 Å². The van der Waals surface area contributed by atoms with Crippen molar-refractivity contribution in [3.05, 3.63) is 59.7 Å². The molecule has 3 rings (SSSR count). The first-order chi connectivity index (χ1) is 13.8. The molecule has 156 valence electrons. The highest BCUT2D eigenvalue weighted by molar-refractivity contribution is 7.92. The second-order valence-electron chi connectivity index (χ2n) is 7.46. The molecule has 1 amide bonds. The minimum absolute atomic E-state index is 0.138. The van der Waals surface area contributed by atoms with Gasteiger partial charge in [-0.05, 0) is 56.6 Å². The minimum atomic E-state index is -3.71. The largest absolute Gasteiger partial charge is 0.351 e. The van der Waals surface area contributed by atoms with E-state index in [2.05, 4.69) is 31.0 Å². The Labute approximate surface area is 173 Å². The van der Waals surface area contributed by atoms with Crippen LogP contribution in [-0.2, 0) is 16.4 Å². The van der Waals surface area contributed by atoms with E-state index in [9.17, 15) is 13.2 Å². The van der Waals surface area contributed by atoms with Gasteiger partial charge < -0.3 is 5.32 Å². The van der Waals surface area contributed by atoms with Crippen LogP contribution >= 0.6 is 0 Å². The fraction of sp³-hybridized carbons (Fsp3) is 0.409. The molecule has 6 nitrogen and oxygen atoms in total. The number of hydrogen-bond acceptors (Lipinski definition) is 4. The lowest BCUT2D eigenvalue weighted by Gasteiger charge is -2.24. The van der Waals surface area contributed by atoms with Crippen LogP contribution in [0.25, 0.3) is 0 Å². The van der Waals surface area contributed by atoms with Crippen LogP contribution in [-0.4, -0.2) is 51.4 Å². The molecule has 0 bridgehead atoms. The second-order valence-corrected chi connectivity index (χ2v) is 9.32. The maximum atomic E-state index is 13.2. The van der Waals surface area contributed by atoms with Crippen molar-refractivity contribution in [2.24, 2.45) is 0 Å². The van der Waals surface area contributed by atoms with Gasteiger partial charge in [0.25, 0.3) is 15.9 Å². The van der Waals surface area contributed by atoms with Crippen molar-refractivity contribution in [3.63, 3.8) is 0 Å². The Kier molecular flexibility index (Phi) is 6.59. The molecule has 2 aromatic rings. The molecule has 0 aliphatic carbocycles. The average Bonchev–Trinajstić information content (AvgIpc) is 3.16. The van der Waals surface area contributed by atoms with Crippen LogP contribution in [0.5, 0.6) is 0 Å². The first-order valence-electron chi connectivity index (χ1n) is 10.1. The quantitative estimate of drug-likeness (QED) is 0.720. The number of para-hydroxylation sites is 1. The zero-order valence-electron chi connectivity index (χ0n) is 17.3. The van der Waals surface area contributed by atoms with E-state index in [0.717, 1.165) is 24.3 Å². The first-order valence-corrected chi connectivity index (χ1v) is 11.5. The lowest BCUT2D eigenvalue weighted by molar-refractivity contribution is 0.0945. The van der Waals surface area contributed by atoms with E-state index < -0.39 is 10.0 Å². The molecule has 0 fully saturated rings. The summed E-state index contributed by atoms with van der Waals surface area (Å²) in [5.74, 6) is -0.260. The van der Waals surface area contributed by atoms with Crippen LogP contribution in [0.2, 0.25) is 0 Å². The SMILES string of the molecule is CCN(CCNC(=O)c1cccc(S(=O)(=O)N2CCc3ccccc32)c1)C(C)C. The smallest absolute Gasteiger partial charge is 0.264 e. The highest BCUT2D eigenvalue weighted by atomic mass is 32.2. The van der Waals surface area contributed by atoms with Gasteiger partial charge in [-0.2, -0.15) is 0 Å². The summed E-state index contributed by atoms with van der Waals surface area (Å²) in [5.41, 5.74) is 2.09. The number of fused-ring (bicyclic) bond motifs is 1. The fourth-order valence-electron chi connectivity index (χ4n) is 3.68. The molecule has 1 heterocycles. The molecule has 0 saturated carbocycles. The van der Waals surface area contributed by atoms with Crippen molar-refractivity contribution in [3.8, 4) is 0 Å². The number of amides is 1. The normalized spacial score (nSPS) is 13.8. The van der Waals surface area contributed by atoms with Gasteiger partial charge in [0.15, 0.2) is 0 Å². The highest BCUT2D eigenvalue weighted by Crippen LogP contribution is 2.32. The van der Waals surface area contributed by atoms with Crippen LogP contribution in [0.4, 0.5) is 5.69 Å². The van der Waals surface area contributed by atoms with Crippen LogP contribution in [0, 0.1) is 0 Å². The standard InChI is InChI=1S/C22H29N3O3S/c1-4-24(17(2)3)15-13-23-22(26)19-9-7-10-20(16-19)29(27,28)25-14-12-18-8-5-6-11-21(18)25/h5-11,16-17H,4,12-15H2,1-3H3,(H,23,26). The van der Waals surface area contributed by atoms with Gasteiger partial charge in [0.05, 0.1) is 10.6 Å². The second kappa shape index (κ2) is 8.97. The number of likely N-dealkylation sites (N-methyl/N-ethyl adjacent to an activating group) is 1. The summed E-state index contributed by atoms with van der Waals surface area (Å²) in [5, 5.41) is 2.89. The van der Waals surface area contributed by atoms with Crippen LogP contribution in [0.1, 0.15) is 36.7 Å². The first kappa shape index (κ1) is 21.3. The molecule has 1 aliphatic heterocycles. The van der Waals surface area contributed by atoms with E-state index in [-0.39, 0.29) is 10.8 Å². The van der Waals surface area contributed by atoms with Gasteiger partial charge in [0.1, 0.15) is 0 Å². The predicted molar refractivity (Wildman–Crippen MR) is 116 cm³/mol. The van der Waals surface area contributed by atoms with E-state index in [1.54, 1.807) is 18.2 Å². The number of anilines is 1. The summed E-state index contributed by atoms with van der Waals surface area (Å²) in [6.07, 6.45) is 0.694. The van der Waals surface area contributed by atoms with E-state index >= 15 is 0 Å². The lowest BCUT2D eigenvalue weighted by Crippen LogP contribution is -2.38. The Morgan fingerprint density at radius 1 is 1.17 bits per heavy atom. The molecule has 0 saturated heterocycles. The van der Waals surface area contributed by atoms with Crippen LogP contribution < -0.4 is 9.62 Å². The van der Waals surface area contributed by atoms with Crippen molar-refractivity contribution in [1.29, 1.82) is 0 Å². The number of carbonyl (C=O) groups excluding carboxylic acids is 1. The molecular formula is C22H29N3O3S. The third-order valence-corrected chi connectivity index (χ3v) is 7.16. The molecule has 29 heavy (non-hydrogen) atoms. The van der Waals surface area contributed by atoms with Crippen molar-refractivity contribution < 1.29 is 13.2 Å². The van der Waals surface area contributed by atoms with Crippen LogP contribution in [0.15, 0.2) is 53.4 Å². The highest BCUT2D eigenvalue weighted by Gasteiger charge is 2.30. The van der Waals surface area contributed by atoms with E-state index in [1.165, 1.54) is 10.4 Å². The zero-order valence-corrected chi connectivity index (χ0v) is 18.1. The van der Waals surface area contributed by atoms with Gasteiger partial charge in [0, 0.05) is 31.2 Å². The summed E-state index contributed by atoms with van der Waals surface area (Å²) in [4.78, 5) is 14.9. The van der Waals surface area contributed by atoms with Crippen molar-refractivity contribution >= 4 is 21.6 Å². The Morgan fingerprint density at radius 3 is 2.66 bits per heavy atom. The number of benzene rings is 2. The fourth-order valence-corrected chi connectivity index (χ4v) is 5.23. The Morgan fingerprint density at radius 2 is 1.93 bits per heavy atom. The topological polar surface area (TPSA) is 69.7 Å². The van der Waals surface area contributed by atoms with E-state index in [1.807, 2.05) is 24.3 Å². The molecule has 1 aliphatic rings. The van der Waals surface area contributed by atoms with Gasteiger partial charge in [0.2, 0.25) is 0 Å². The number of rotatable bonds is 8. The monoisotopic (exact) mass is 415 g/mol. The number of nitrogens with one attached hydrogen (secondary N) is 1. The van der Waals surface area contributed by atoms with Crippen molar-refractivity contribution in [2.75, 3.05) is 30.5 Å². The summed E-state index contributed by atoms with van der Waals surface area (Å²) < 4.78 is 27.8. The Bertz CT molecular complexity index is 973. The van der Waals surface area contributed by atoms with Gasteiger partial charge in [-0.25, -0.2) is 8.42 Å². The molecular weight excluding hydrogens is 386 g/mol. The number of hydrogen-bond donors (Lipinski definition) is 1. The average molecular weight is 416 g/mol. The molecule has 0 unspecified atom stereocenters. The Hall–Kier alpha value is -2.38. The molecule has 0 atom stereocenters. The molecule has 2 aromatic carbocycles. The van der Waals surface area contributed by atoms with Crippen LogP contribution in [0.3, 0.4) is 0 Å². The van der Waals surface area contributed by atoms with Gasteiger partial charge >= 0.3 is 0 Å². The summed E-state index contributed by atoms with van der Waals surface area (Å²) in [6.45, 7) is 8.93. The summed E-state index contributed by atoms with van der Waals surface area (Å²) >= 11 is 0.